The number of ether oxygens (including phenoxy) is 1. The summed E-state index contributed by atoms with van der Waals surface area (Å²) in [5.74, 6) is 0.194. The lowest BCUT2D eigenvalue weighted by Gasteiger charge is -2.27. The number of aromatic nitrogens is 3. The zero-order valence-corrected chi connectivity index (χ0v) is 18.6. The van der Waals surface area contributed by atoms with E-state index in [2.05, 4.69) is 39.0 Å². The van der Waals surface area contributed by atoms with Gasteiger partial charge >= 0.3 is 0 Å². The second-order valence-electron chi connectivity index (χ2n) is 8.26. The number of amides is 1. The summed E-state index contributed by atoms with van der Waals surface area (Å²) in [6.07, 6.45) is 1.20. The molecule has 0 bridgehead atoms. The van der Waals surface area contributed by atoms with Crippen LogP contribution in [-0.2, 0) is 16.0 Å². The van der Waals surface area contributed by atoms with Gasteiger partial charge in [-0.15, -0.1) is 0 Å². The number of fused-ring (bicyclic) bond motifs is 1. The molecule has 1 aromatic carbocycles. The van der Waals surface area contributed by atoms with E-state index in [0.717, 1.165) is 33.7 Å². The molecule has 0 saturated carbocycles. The molecule has 4 rings (SSSR count). The molecule has 3 heterocycles. The van der Waals surface area contributed by atoms with Gasteiger partial charge in [-0.2, -0.15) is 5.10 Å². The third-order valence-corrected chi connectivity index (χ3v) is 6.26. The third kappa shape index (κ3) is 3.72. The van der Waals surface area contributed by atoms with Crippen molar-refractivity contribution in [3.63, 3.8) is 0 Å². The maximum absolute atomic E-state index is 12.6. The number of hydrogen-bond donors (Lipinski definition) is 0. The van der Waals surface area contributed by atoms with E-state index >= 15 is 0 Å². The fourth-order valence-electron chi connectivity index (χ4n) is 4.31. The molecule has 6 nitrogen and oxygen atoms in total. The standard InChI is InChI=1S/C24H30N4O2/c1-15-6-7-20(14-16(15)2)28-24-23(19(5)26-28)17(3)21(18(4)25-24)8-9-22(29)27-10-12-30-13-11-27/h6-7,14H,8-13H2,1-5H3. The zero-order chi connectivity index (χ0) is 21.4. The van der Waals surface area contributed by atoms with E-state index in [-0.39, 0.29) is 5.91 Å². The van der Waals surface area contributed by atoms with E-state index in [9.17, 15) is 4.79 Å². The van der Waals surface area contributed by atoms with E-state index in [1.807, 2.05) is 23.4 Å². The normalized spacial score (nSPS) is 14.5. The Balaban J connectivity index is 1.67. The molecule has 6 heteroatoms. The molecule has 1 aliphatic rings. The predicted molar refractivity (Wildman–Crippen MR) is 118 cm³/mol. The summed E-state index contributed by atoms with van der Waals surface area (Å²) in [5.41, 5.74) is 8.69. The Labute approximate surface area is 177 Å². The van der Waals surface area contributed by atoms with Crippen molar-refractivity contribution in [2.75, 3.05) is 26.3 Å². The molecule has 2 aromatic heterocycles. The second-order valence-corrected chi connectivity index (χ2v) is 8.26. The van der Waals surface area contributed by atoms with Crippen molar-refractivity contribution in [2.24, 2.45) is 0 Å². The number of rotatable bonds is 4. The Morgan fingerprint density at radius 3 is 2.47 bits per heavy atom. The van der Waals surface area contributed by atoms with Gasteiger partial charge in [0.2, 0.25) is 5.91 Å². The molecule has 1 saturated heterocycles. The minimum absolute atomic E-state index is 0.194. The van der Waals surface area contributed by atoms with Crippen molar-refractivity contribution in [3.05, 3.63) is 51.8 Å². The number of hydrogen-bond acceptors (Lipinski definition) is 4. The van der Waals surface area contributed by atoms with Crippen LogP contribution in [0.3, 0.4) is 0 Å². The first-order valence-electron chi connectivity index (χ1n) is 10.7. The monoisotopic (exact) mass is 406 g/mol. The SMILES string of the molecule is Cc1ccc(-n2nc(C)c3c(C)c(CCC(=O)N4CCOCC4)c(C)nc32)cc1C. The van der Waals surface area contributed by atoms with Crippen molar-refractivity contribution in [1.29, 1.82) is 0 Å². The van der Waals surface area contributed by atoms with Crippen LogP contribution in [0.1, 0.15) is 40.1 Å². The third-order valence-electron chi connectivity index (χ3n) is 6.26. The summed E-state index contributed by atoms with van der Waals surface area (Å²) in [7, 11) is 0. The quantitative estimate of drug-likeness (QED) is 0.662. The van der Waals surface area contributed by atoms with E-state index in [4.69, 9.17) is 14.8 Å². The van der Waals surface area contributed by atoms with Gasteiger partial charge in [0.1, 0.15) is 0 Å². The highest BCUT2D eigenvalue weighted by Gasteiger charge is 2.20. The lowest BCUT2D eigenvalue weighted by Crippen LogP contribution is -2.40. The van der Waals surface area contributed by atoms with E-state index < -0.39 is 0 Å². The Kier molecular flexibility index (Phi) is 5.60. The van der Waals surface area contributed by atoms with E-state index in [0.29, 0.717) is 39.1 Å². The van der Waals surface area contributed by atoms with Crippen molar-refractivity contribution >= 4 is 16.9 Å². The van der Waals surface area contributed by atoms with Gasteiger partial charge in [-0.05, 0) is 75.4 Å². The maximum atomic E-state index is 12.6. The average molecular weight is 407 g/mol. The van der Waals surface area contributed by atoms with Crippen molar-refractivity contribution in [1.82, 2.24) is 19.7 Å². The first-order valence-corrected chi connectivity index (χ1v) is 10.7. The number of carbonyl (C=O) groups excluding carboxylic acids is 1. The summed E-state index contributed by atoms with van der Waals surface area (Å²) in [6, 6.07) is 6.37. The van der Waals surface area contributed by atoms with Crippen molar-refractivity contribution in [3.8, 4) is 5.69 Å². The Morgan fingerprint density at radius 1 is 1.03 bits per heavy atom. The number of pyridine rings is 1. The lowest BCUT2D eigenvalue weighted by atomic mass is 9.99. The van der Waals surface area contributed by atoms with Gasteiger partial charge in [-0.3, -0.25) is 4.79 Å². The molecule has 0 aliphatic carbocycles. The molecule has 30 heavy (non-hydrogen) atoms. The highest BCUT2D eigenvalue weighted by Crippen LogP contribution is 2.29. The molecular weight excluding hydrogens is 376 g/mol. The highest BCUT2D eigenvalue weighted by atomic mass is 16.5. The summed E-state index contributed by atoms with van der Waals surface area (Å²) in [6.45, 7) is 13.1. The molecule has 0 spiro atoms. The molecule has 0 unspecified atom stereocenters. The fraction of sp³-hybridized carbons (Fsp3) is 0.458. The topological polar surface area (TPSA) is 60.2 Å². The summed E-state index contributed by atoms with van der Waals surface area (Å²) in [5, 5.41) is 5.90. The van der Waals surface area contributed by atoms with Crippen LogP contribution in [0.15, 0.2) is 18.2 Å². The number of morpholine rings is 1. The van der Waals surface area contributed by atoms with Crippen LogP contribution in [0.25, 0.3) is 16.7 Å². The molecular formula is C24H30N4O2. The van der Waals surface area contributed by atoms with Gasteiger partial charge in [0.05, 0.1) is 24.6 Å². The summed E-state index contributed by atoms with van der Waals surface area (Å²) in [4.78, 5) is 19.4. The zero-order valence-electron chi connectivity index (χ0n) is 18.6. The summed E-state index contributed by atoms with van der Waals surface area (Å²) >= 11 is 0. The largest absolute Gasteiger partial charge is 0.378 e. The summed E-state index contributed by atoms with van der Waals surface area (Å²) < 4.78 is 7.30. The molecule has 1 amide bonds. The molecule has 1 fully saturated rings. The van der Waals surface area contributed by atoms with Crippen molar-refractivity contribution < 1.29 is 9.53 Å². The van der Waals surface area contributed by atoms with Crippen LogP contribution < -0.4 is 0 Å². The lowest BCUT2D eigenvalue weighted by molar-refractivity contribution is -0.135. The molecule has 0 atom stereocenters. The Hall–Kier alpha value is -2.73. The predicted octanol–water partition coefficient (Wildman–Crippen LogP) is 3.75. The van der Waals surface area contributed by atoms with Gasteiger partial charge in [0.25, 0.3) is 0 Å². The molecule has 158 valence electrons. The minimum atomic E-state index is 0.194. The number of benzene rings is 1. The Morgan fingerprint density at radius 2 is 1.77 bits per heavy atom. The average Bonchev–Trinajstić information content (AvgIpc) is 3.06. The van der Waals surface area contributed by atoms with Crippen LogP contribution in [-0.4, -0.2) is 51.9 Å². The van der Waals surface area contributed by atoms with Gasteiger partial charge in [-0.1, -0.05) is 6.07 Å². The van der Waals surface area contributed by atoms with Crippen LogP contribution in [0.2, 0.25) is 0 Å². The first kappa shape index (κ1) is 20.5. The van der Waals surface area contributed by atoms with Crippen LogP contribution in [0.4, 0.5) is 0 Å². The fourth-order valence-corrected chi connectivity index (χ4v) is 4.31. The van der Waals surface area contributed by atoms with Gasteiger partial charge in [0, 0.05) is 30.6 Å². The van der Waals surface area contributed by atoms with Crippen LogP contribution in [0.5, 0.6) is 0 Å². The minimum Gasteiger partial charge on any atom is -0.378 e. The van der Waals surface area contributed by atoms with Crippen LogP contribution >= 0.6 is 0 Å². The molecule has 0 radical (unpaired) electrons. The van der Waals surface area contributed by atoms with E-state index in [1.165, 1.54) is 16.7 Å². The van der Waals surface area contributed by atoms with E-state index in [1.54, 1.807) is 0 Å². The molecule has 0 N–H and O–H groups in total. The maximum Gasteiger partial charge on any atom is 0.223 e. The van der Waals surface area contributed by atoms with Crippen LogP contribution in [0, 0.1) is 34.6 Å². The molecule has 1 aliphatic heterocycles. The highest BCUT2D eigenvalue weighted by molar-refractivity contribution is 5.85. The second kappa shape index (κ2) is 8.19. The number of aryl methyl sites for hydroxylation is 5. The smallest absolute Gasteiger partial charge is 0.223 e. The van der Waals surface area contributed by atoms with Gasteiger partial charge in [-0.25, -0.2) is 9.67 Å². The van der Waals surface area contributed by atoms with Gasteiger partial charge in [0.15, 0.2) is 5.65 Å². The number of carbonyl (C=O) groups is 1. The Bertz CT molecular complexity index is 1110. The van der Waals surface area contributed by atoms with Crippen molar-refractivity contribution in [2.45, 2.75) is 47.5 Å². The molecule has 3 aromatic rings. The number of nitrogens with zero attached hydrogens (tertiary/aromatic N) is 4. The first-order chi connectivity index (χ1) is 14.4. The van der Waals surface area contributed by atoms with Gasteiger partial charge < -0.3 is 9.64 Å².